The SMILES string of the molecule is CCCC1CCNc2ccc(Cl)cc21. The number of halogens is 1. The lowest BCUT2D eigenvalue weighted by Gasteiger charge is -2.26. The van der Waals surface area contributed by atoms with E-state index in [0.29, 0.717) is 5.92 Å². The van der Waals surface area contributed by atoms with Gasteiger partial charge in [0.25, 0.3) is 0 Å². The molecular weight excluding hydrogens is 194 g/mol. The van der Waals surface area contributed by atoms with Crippen molar-refractivity contribution in [2.24, 2.45) is 0 Å². The molecule has 14 heavy (non-hydrogen) atoms. The highest BCUT2D eigenvalue weighted by Crippen LogP contribution is 2.35. The van der Waals surface area contributed by atoms with Gasteiger partial charge < -0.3 is 5.32 Å². The predicted octanol–water partition coefficient (Wildman–Crippen LogP) is 4.04. The standard InChI is InChI=1S/C12H16ClN/c1-2-3-9-6-7-14-12-5-4-10(13)8-11(9)12/h4-5,8-9,14H,2-3,6-7H2,1H3. The molecule has 2 heteroatoms. The summed E-state index contributed by atoms with van der Waals surface area (Å²) in [6, 6.07) is 6.17. The van der Waals surface area contributed by atoms with Crippen molar-refractivity contribution in [2.75, 3.05) is 11.9 Å². The van der Waals surface area contributed by atoms with E-state index in [1.807, 2.05) is 6.07 Å². The van der Waals surface area contributed by atoms with Crippen LogP contribution < -0.4 is 5.32 Å². The topological polar surface area (TPSA) is 12.0 Å². The molecule has 1 aromatic rings. The van der Waals surface area contributed by atoms with E-state index in [0.717, 1.165) is 11.6 Å². The summed E-state index contributed by atoms with van der Waals surface area (Å²) < 4.78 is 0. The minimum absolute atomic E-state index is 0.704. The van der Waals surface area contributed by atoms with Crippen LogP contribution >= 0.6 is 11.6 Å². The van der Waals surface area contributed by atoms with Gasteiger partial charge in [0.15, 0.2) is 0 Å². The zero-order valence-corrected chi connectivity index (χ0v) is 9.27. The van der Waals surface area contributed by atoms with Gasteiger partial charge in [-0.3, -0.25) is 0 Å². The van der Waals surface area contributed by atoms with E-state index < -0.39 is 0 Å². The number of hydrogen-bond acceptors (Lipinski definition) is 1. The van der Waals surface area contributed by atoms with Gasteiger partial charge in [-0.25, -0.2) is 0 Å². The molecule has 1 aliphatic heterocycles. The van der Waals surface area contributed by atoms with Crippen molar-refractivity contribution < 1.29 is 0 Å². The second-order valence-corrected chi connectivity index (χ2v) is 4.37. The average Bonchev–Trinajstić information content (AvgIpc) is 2.19. The summed E-state index contributed by atoms with van der Waals surface area (Å²) in [5.74, 6) is 0.704. The third-order valence-electron chi connectivity index (χ3n) is 2.90. The number of benzene rings is 1. The van der Waals surface area contributed by atoms with E-state index in [1.165, 1.54) is 30.5 Å². The maximum absolute atomic E-state index is 6.01. The Morgan fingerprint density at radius 1 is 1.50 bits per heavy atom. The van der Waals surface area contributed by atoms with Gasteiger partial charge in [-0.05, 0) is 42.5 Å². The molecule has 1 atom stereocenters. The fourth-order valence-corrected chi connectivity index (χ4v) is 2.40. The molecule has 0 radical (unpaired) electrons. The molecule has 0 spiro atoms. The summed E-state index contributed by atoms with van der Waals surface area (Å²) in [7, 11) is 0. The molecule has 1 N–H and O–H groups in total. The van der Waals surface area contributed by atoms with Gasteiger partial charge in [0, 0.05) is 17.3 Å². The van der Waals surface area contributed by atoms with Crippen LogP contribution in [0.1, 0.15) is 37.7 Å². The van der Waals surface area contributed by atoms with E-state index >= 15 is 0 Å². The van der Waals surface area contributed by atoms with Gasteiger partial charge in [-0.1, -0.05) is 24.9 Å². The molecule has 2 rings (SSSR count). The maximum atomic E-state index is 6.01. The van der Waals surface area contributed by atoms with Gasteiger partial charge in [0.05, 0.1) is 0 Å². The molecule has 0 aliphatic carbocycles. The highest BCUT2D eigenvalue weighted by Gasteiger charge is 2.18. The van der Waals surface area contributed by atoms with Crippen molar-refractivity contribution in [2.45, 2.75) is 32.1 Å². The first-order valence-corrected chi connectivity index (χ1v) is 5.72. The van der Waals surface area contributed by atoms with Gasteiger partial charge in [0.1, 0.15) is 0 Å². The summed E-state index contributed by atoms with van der Waals surface area (Å²) in [5.41, 5.74) is 2.68. The van der Waals surface area contributed by atoms with Crippen molar-refractivity contribution >= 4 is 17.3 Å². The Bertz CT molecular complexity index is 322. The molecule has 0 amide bonds. The molecular formula is C12H16ClN. The molecule has 1 unspecified atom stereocenters. The first-order valence-electron chi connectivity index (χ1n) is 5.34. The maximum Gasteiger partial charge on any atom is 0.0410 e. The van der Waals surface area contributed by atoms with Crippen molar-refractivity contribution in [1.82, 2.24) is 0 Å². The van der Waals surface area contributed by atoms with Crippen LogP contribution in [0.5, 0.6) is 0 Å². The van der Waals surface area contributed by atoms with Crippen LogP contribution in [0, 0.1) is 0 Å². The van der Waals surface area contributed by atoms with Crippen molar-refractivity contribution in [3.05, 3.63) is 28.8 Å². The van der Waals surface area contributed by atoms with Gasteiger partial charge in [-0.2, -0.15) is 0 Å². The highest BCUT2D eigenvalue weighted by atomic mass is 35.5. The Morgan fingerprint density at radius 2 is 2.36 bits per heavy atom. The fraction of sp³-hybridized carbons (Fsp3) is 0.500. The van der Waals surface area contributed by atoms with Crippen LogP contribution in [0.4, 0.5) is 5.69 Å². The quantitative estimate of drug-likeness (QED) is 0.775. The van der Waals surface area contributed by atoms with Crippen LogP contribution in [-0.2, 0) is 0 Å². The summed E-state index contributed by atoms with van der Waals surface area (Å²) in [5, 5.41) is 4.27. The van der Waals surface area contributed by atoms with Gasteiger partial charge >= 0.3 is 0 Å². The molecule has 0 saturated carbocycles. The molecule has 1 heterocycles. The number of anilines is 1. The summed E-state index contributed by atoms with van der Waals surface area (Å²) in [6.07, 6.45) is 3.76. The average molecular weight is 210 g/mol. The summed E-state index contributed by atoms with van der Waals surface area (Å²) in [4.78, 5) is 0. The van der Waals surface area contributed by atoms with Crippen molar-refractivity contribution in [3.63, 3.8) is 0 Å². The summed E-state index contributed by atoms with van der Waals surface area (Å²) in [6.45, 7) is 3.34. The number of fused-ring (bicyclic) bond motifs is 1. The smallest absolute Gasteiger partial charge is 0.0410 e. The second kappa shape index (κ2) is 4.22. The molecule has 0 aromatic heterocycles. The monoisotopic (exact) mass is 209 g/mol. The van der Waals surface area contributed by atoms with Gasteiger partial charge in [-0.15, -0.1) is 0 Å². The van der Waals surface area contributed by atoms with E-state index in [-0.39, 0.29) is 0 Å². The van der Waals surface area contributed by atoms with E-state index in [2.05, 4.69) is 24.4 Å². The van der Waals surface area contributed by atoms with E-state index in [4.69, 9.17) is 11.6 Å². The Kier molecular flexibility index (Phi) is 2.97. The third-order valence-corrected chi connectivity index (χ3v) is 3.13. The normalized spacial score (nSPS) is 20.0. The van der Waals surface area contributed by atoms with Crippen LogP contribution in [0.25, 0.3) is 0 Å². The van der Waals surface area contributed by atoms with E-state index in [9.17, 15) is 0 Å². The lowest BCUT2D eigenvalue weighted by molar-refractivity contribution is 0.571. The zero-order chi connectivity index (χ0) is 9.97. The second-order valence-electron chi connectivity index (χ2n) is 3.93. The highest BCUT2D eigenvalue weighted by molar-refractivity contribution is 6.30. The van der Waals surface area contributed by atoms with Gasteiger partial charge in [0.2, 0.25) is 0 Å². The van der Waals surface area contributed by atoms with Crippen molar-refractivity contribution in [3.8, 4) is 0 Å². The van der Waals surface area contributed by atoms with Crippen LogP contribution in [0.2, 0.25) is 5.02 Å². The van der Waals surface area contributed by atoms with E-state index in [1.54, 1.807) is 0 Å². The van der Waals surface area contributed by atoms with Crippen LogP contribution in [-0.4, -0.2) is 6.54 Å². The van der Waals surface area contributed by atoms with Crippen LogP contribution in [0.3, 0.4) is 0 Å². The molecule has 0 saturated heterocycles. The lowest BCUT2D eigenvalue weighted by atomic mass is 9.88. The summed E-state index contributed by atoms with van der Waals surface area (Å²) >= 11 is 6.01. The molecule has 1 aliphatic rings. The first-order chi connectivity index (χ1) is 6.81. The fourth-order valence-electron chi connectivity index (χ4n) is 2.22. The molecule has 76 valence electrons. The first kappa shape index (κ1) is 9.85. The Balaban J connectivity index is 2.32. The molecule has 0 fully saturated rings. The zero-order valence-electron chi connectivity index (χ0n) is 8.52. The number of hydrogen-bond donors (Lipinski definition) is 1. The van der Waals surface area contributed by atoms with Crippen molar-refractivity contribution in [1.29, 1.82) is 0 Å². The third kappa shape index (κ3) is 1.88. The minimum Gasteiger partial charge on any atom is -0.385 e. The predicted molar refractivity (Wildman–Crippen MR) is 62.2 cm³/mol. The largest absolute Gasteiger partial charge is 0.385 e. The van der Waals surface area contributed by atoms with Crippen LogP contribution in [0.15, 0.2) is 18.2 Å². The Hall–Kier alpha value is -0.690. The Labute approximate surface area is 90.5 Å². The Morgan fingerprint density at radius 3 is 3.14 bits per heavy atom. The minimum atomic E-state index is 0.704. The molecule has 1 nitrogen and oxygen atoms in total. The molecule has 1 aromatic carbocycles. The number of rotatable bonds is 2. The lowest BCUT2D eigenvalue weighted by Crippen LogP contribution is -2.16. The molecule has 0 bridgehead atoms. The number of nitrogens with one attached hydrogen (secondary N) is 1.